The second-order valence-electron chi connectivity index (χ2n) is 5.46. The summed E-state index contributed by atoms with van der Waals surface area (Å²) in [5.74, 6) is 1.38. The van der Waals surface area contributed by atoms with Crippen LogP contribution in [0.25, 0.3) is 0 Å². The highest BCUT2D eigenvalue weighted by Crippen LogP contribution is 2.30. The molecule has 2 aromatic rings. The van der Waals surface area contributed by atoms with E-state index in [1.807, 2.05) is 25.1 Å². The smallest absolute Gasteiger partial charge is 0.265 e. The normalized spacial score (nSPS) is 13.9. The number of nitrogens with zero attached hydrogens (tertiary/aromatic N) is 3. The molecule has 0 bridgehead atoms. The molecule has 1 aromatic heterocycles. The van der Waals surface area contributed by atoms with Gasteiger partial charge in [0.05, 0.1) is 5.92 Å². The molecule has 5 nitrogen and oxygen atoms in total. The summed E-state index contributed by atoms with van der Waals surface area (Å²) < 4.78 is 5.43. The minimum atomic E-state index is 0.111. The van der Waals surface area contributed by atoms with Crippen LogP contribution in [0, 0.1) is 0 Å². The first-order valence-electron chi connectivity index (χ1n) is 7.42. The Morgan fingerprint density at radius 1 is 1.24 bits per heavy atom. The van der Waals surface area contributed by atoms with Crippen molar-refractivity contribution in [2.45, 2.75) is 32.2 Å². The van der Waals surface area contributed by atoms with Crippen LogP contribution in [0.3, 0.4) is 0 Å². The molecule has 2 rings (SSSR count). The second-order valence-corrected chi connectivity index (χ2v) is 5.46. The number of anilines is 1. The molecule has 114 valence electrons. The minimum Gasteiger partial charge on any atom is -0.344 e. The number of hydrogen-bond donors (Lipinski definition) is 1. The van der Waals surface area contributed by atoms with Crippen molar-refractivity contribution in [3.63, 3.8) is 0 Å². The van der Waals surface area contributed by atoms with E-state index in [0.717, 1.165) is 13.0 Å². The van der Waals surface area contributed by atoms with Crippen LogP contribution in [0.1, 0.15) is 43.7 Å². The maximum Gasteiger partial charge on any atom is 0.265 e. The summed E-state index contributed by atoms with van der Waals surface area (Å²) in [6, 6.07) is 10.6. The quantitative estimate of drug-likeness (QED) is 0.849. The fourth-order valence-corrected chi connectivity index (χ4v) is 2.28. The van der Waals surface area contributed by atoms with Crippen LogP contribution in [-0.2, 0) is 0 Å². The third-order valence-corrected chi connectivity index (χ3v) is 3.49. The van der Waals surface area contributed by atoms with E-state index in [2.05, 4.69) is 53.6 Å². The van der Waals surface area contributed by atoms with E-state index >= 15 is 0 Å². The van der Waals surface area contributed by atoms with Gasteiger partial charge < -0.3 is 14.7 Å². The summed E-state index contributed by atoms with van der Waals surface area (Å²) in [6.45, 7) is 5.24. The summed E-state index contributed by atoms with van der Waals surface area (Å²) in [4.78, 5) is 6.32. The first-order valence-corrected chi connectivity index (χ1v) is 7.42. The van der Waals surface area contributed by atoms with Gasteiger partial charge in [0.15, 0.2) is 0 Å². The van der Waals surface area contributed by atoms with Crippen LogP contribution < -0.4 is 10.2 Å². The Morgan fingerprint density at radius 3 is 2.52 bits per heavy atom. The first kappa shape index (κ1) is 15.5. The van der Waals surface area contributed by atoms with Gasteiger partial charge in [0.1, 0.15) is 0 Å². The van der Waals surface area contributed by atoms with Crippen molar-refractivity contribution in [2.75, 3.05) is 25.5 Å². The monoisotopic (exact) mass is 288 g/mol. The lowest BCUT2D eigenvalue weighted by Crippen LogP contribution is -2.27. The third-order valence-electron chi connectivity index (χ3n) is 3.49. The first-order chi connectivity index (χ1) is 10.1. The number of benzene rings is 1. The van der Waals surface area contributed by atoms with Crippen molar-refractivity contribution in [1.29, 1.82) is 0 Å². The minimum absolute atomic E-state index is 0.111. The van der Waals surface area contributed by atoms with E-state index in [4.69, 9.17) is 4.52 Å². The molecule has 2 unspecified atom stereocenters. The standard InChI is InChI=1S/C16H24N4O/c1-5-11-17-14(13-9-7-6-8-10-13)12(2)15-18-16(19-21-15)20(3)4/h6-10,12,14,17H,5,11H2,1-4H3. The summed E-state index contributed by atoms with van der Waals surface area (Å²) in [6.07, 6.45) is 1.09. The fourth-order valence-electron chi connectivity index (χ4n) is 2.28. The Morgan fingerprint density at radius 2 is 1.95 bits per heavy atom. The lowest BCUT2D eigenvalue weighted by Gasteiger charge is -2.23. The van der Waals surface area contributed by atoms with Gasteiger partial charge in [0.2, 0.25) is 5.89 Å². The lowest BCUT2D eigenvalue weighted by molar-refractivity contribution is 0.325. The average Bonchev–Trinajstić information content (AvgIpc) is 2.98. The highest BCUT2D eigenvalue weighted by molar-refractivity contribution is 5.26. The maximum absolute atomic E-state index is 5.43. The number of rotatable bonds is 7. The predicted octanol–water partition coefficient (Wildman–Crippen LogP) is 2.98. The Balaban J connectivity index is 2.22. The number of nitrogens with one attached hydrogen (secondary N) is 1. The molecule has 1 aromatic carbocycles. The Kier molecular flexibility index (Phi) is 5.33. The highest BCUT2D eigenvalue weighted by Gasteiger charge is 2.25. The van der Waals surface area contributed by atoms with E-state index < -0.39 is 0 Å². The zero-order valence-corrected chi connectivity index (χ0v) is 13.2. The van der Waals surface area contributed by atoms with Gasteiger partial charge in [-0.25, -0.2) is 0 Å². The van der Waals surface area contributed by atoms with Gasteiger partial charge in [0.25, 0.3) is 5.95 Å². The largest absolute Gasteiger partial charge is 0.344 e. The van der Waals surface area contributed by atoms with Crippen molar-refractivity contribution < 1.29 is 4.52 Å². The van der Waals surface area contributed by atoms with Crippen molar-refractivity contribution in [3.8, 4) is 0 Å². The molecule has 0 aliphatic heterocycles. The molecule has 21 heavy (non-hydrogen) atoms. The molecular weight excluding hydrogens is 264 g/mol. The van der Waals surface area contributed by atoms with Gasteiger partial charge >= 0.3 is 0 Å². The molecular formula is C16H24N4O. The lowest BCUT2D eigenvalue weighted by atomic mass is 9.94. The Hall–Kier alpha value is -1.88. The van der Waals surface area contributed by atoms with Crippen LogP contribution in [-0.4, -0.2) is 30.8 Å². The zero-order chi connectivity index (χ0) is 15.2. The van der Waals surface area contributed by atoms with Crippen molar-refractivity contribution in [2.24, 2.45) is 0 Å². The van der Waals surface area contributed by atoms with Crippen LogP contribution >= 0.6 is 0 Å². The SMILES string of the molecule is CCCNC(c1ccccc1)C(C)c1nc(N(C)C)no1. The molecule has 1 N–H and O–H groups in total. The van der Waals surface area contributed by atoms with Crippen LogP contribution in [0.5, 0.6) is 0 Å². The van der Waals surface area contributed by atoms with Gasteiger partial charge in [-0.1, -0.05) is 44.2 Å². The Bertz CT molecular complexity index is 538. The summed E-state index contributed by atoms with van der Waals surface area (Å²) in [5, 5.41) is 7.59. The molecule has 1 heterocycles. The molecule has 5 heteroatoms. The van der Waals surface area contributed by atoms with Gasteiger partial charge in [-0.3, -0.25) is 0 Å². The van der Waals surface area contributed by atoms with Gasteiger partial charge in [-0.2, -0.15) is 4.98 Å². The molecule has 0 fully saturated rings. The van der Waals surface area contributed by atoms with Gasteiger partial charge in [-0.15, -0.1) is 0 Å². The molecule has 0 aliphatic rings. The van der Waals surface area contributed by atoms with Crippen LogP contribution in [0.4, 0.5) is 5.95 Å². The van der Waals surface area contributed by atoms with Crippen molar-refractivity contribution in [1.82, 2.24) is 15.5 Å². The summed E-state index contributed by atoms with van der Waals surface area (Å²) in [5.41, 5.74) is 1.24. The fraction of sp³-hybridized carbons (Fsp3) is 0.500. The second kappa shape index (κ2) is 7.22. The molecule has 0 saturated heterocycles. The molecule has 0 spiro atoms. The molecule has 0 aliphatic carbocycles. The van der Waals surface area contributed by atoms with Crippen molar-refractivity contribution >= 4 is 5.95 Å². The molecule has 0 amide bonds. The van der Waals surface area contributed by atoms with E-state index in [-0.39, 0.29) is 12.0 Å². The van der Waals surface area contributed by atoms with Crippen LogP contribution in [0.15, 0.2) is 34.9 Å². The van der Waals surface area contributed by atoms with E-state index in [9.17, 15) is 0 Å². The summed E-state index contributed by atoms with van der Waals surface area (Å²) >= 11 is 0. The Labute approximate surface area is 126 Å². The highest BCUT2D eigenvalue weighted by atomic mass is 16.5. The topological polar surface area (TPSA) is 54.2 Å². The van der Waals surface area contributed by atoms with Gasteiger partial charge in [-0.05, 0) is 23.7 Å². The predicted molar refractivity (Wildman–Crippen MR) is 84.5 cm³/mol. The maximum atomic E-state index is 5.43. The van der Waals surface area contributed by atoms with Crippen LogP contribution in [0.2, 0.25) is 0 Å². The van der Waals surface area contributed by atoms with E-state index in [0.29, 0.717) is 11.8 Å². The van der Waals surface area contributed by atoms with Crippen molar-refractivity contribution in [3.05, 3.63) is 41.8 Å². The summed E-state index contributed by atoms with van der Waals surface area (Å²) in [7, 11) is 3.81. The molecule has 2 atom stereocenters. The average molecular weight is 288 g/mol. The number of hydrogen-bond acceptors (Lipinski definition) is 5. The number of aromatic nitrogens is 2. The molecule has 0 radical (unpaired) electrons. The van der Waals surface area contributed by atoms with E-state index in [1.54, 1.807) is 0 Å². The van der Waals surface area contributed by atoms with E-state index in [1.165, 1.54) is 5.56 Å². The zero-order valence-electron chi connectivity index (χ0n) is 13.2. The van der Waals surface area contributed by atoms with Gasteiger partial charge in [0, 0.05) is 20.1 Å². The molecule has 0 saturated carbocycles. The third kappa shape index (κ3) is 3.82.